The highest BCUT2D eigenvalue weighted by Gasteiger charge is 2.39. The van der Waals surface area contributed by atoms with Crippen molar-refractivity contribution in [2.75, 3.05) is 19.5 Å². The van der Waals surface area contributed by atoms with Crippen LogP contribution in [0.5, 0.6) is 11.5 Å². The van der Waals surface area contributed by atoms with Crippen LogP contribution in [0.3, 0.4) is 0 Å². The van der Waals surface area contributed by atoms with Crippen LogP contribution >= 0.6 is 11.6 Å². The number of nitrogens with one attached hydrogen (secondary N) is 1. The Labute approximate surface area is 305 Å². The SMILES string of the molecule is COc1ccc(Cn2c(NC(=O)c3cnc(C)cc3-c3cc(Cl)ncc3OC)nc3ccc(C4=CCC(O[Si](C)(C)C(C)(C)C)CC4)nc32)cc1. The molecule has 0 radical (unpaired) electrons. The van der Waals surface area contributed by atoms with Crippen LogP contribution in [0.1, 0.15) is 67.3 Å². The Hall–Kier alpha value is -4.58. The first-order chi connectivity index (χ1) is 24.3. The van der Waals surface area contributed by atoms with Crippen LogP contribution in [0.25, 0.3) is 27.9 Å². The standard InChI is InChI=1S/C39H45ClN6O4Si/c1-24-19-29(30-20-35(40)42-22-34(30)49-6)31(21-41-24)37(47)45-38-44-33-18-17-32(26-11-15-28(16-12-26)50-51(7,8)39(2,3)4)43-36(33)46(38)23-25-9-13-27(48-5)14-10-25/h9-11,13-14,17-22,28H,12,15-16,23H2,1-8H3,(H,44,45,47). The molecule has 0 spiro atoms. The van der Waals surface area contributed by atoms with E-state index in [2.05, 4.69) is 55.2 Å². The van der Waals surface area contributed by atoms with Crippen molar-refractivity contribution in [2.45, 2.75) is 77.7 Å². The third-order valence-electron chi connectivity index (χ3n) is 9.91. The summed E-state index contributed by atoms with van der Waals surface area (Å²) >= 11 is 6.29. The number of pyridine rings is 3. The number of hydrogen-bond donors (Lipinski definition) is 1. The Morgan fingerprint density at radius 1 is 1.00 bits per heavy atom. The number of aromatic nitrogens is 5. The van der Waals surface area contributed by atoms with Crippen molar-refractivity contribution in [1.82, 2.24) is 24.5 Å². The molecule has 6 rings (SSSR count). The van der Waals surface area contributed by atoms with Gasteiger partial charge in [0.25, 0.3) is 5.91 Å². The number of rotatable bonds is 10. The minimum Gasteiger partial charge on any atom is -0.497 e. The van der Waals surface area contributed by atoms with Gasteiger partial charge in [0.2, 0.25) is 5.95 Å². The second-order valence-corrected chi connectivity index (χ2v) is 19.6. The third-order valence-corrected chi connectivity index (χ3v) is 14.6. The first-order valence-corrected chi connectivity index (χ1v) is 20.4. The summed E-state index contributed by atoms with van der Waals surface area (Å²) < 4.78 is 19.6. The summed E-state index contributed by atoms with van der Waals surface area (Å²) in [7, 11) is 1.33. The van der Waals surface area contributed by atoms with Crippen LogP contribution in [0, 0.1) is 6.92 Å². The molecule has 0 aliphatic heterocycles. The Kier molecular flexibility index (Phi) is 10.3. The van der Waals surface area contributed by atoms with Crippen LogP contribution in [0.2, 0.25) is 23.3 Å². The maximum atomic E-state index is 14.1. The Morgan fingerprint density at radius 3 is 2.43 bits per heavy atom. The van der Waals surface area contributed by atoms with E-state index in [1.165, 1.54) is 11.8 Å². The number of aryl methyl sites for hydroxylation is 1. The Balaban J connectivity index is 1.36. The molecule has 1 aliphatic carbocycles. The molecule has 4 aromatic heterocycles. The summed E-state index contributed by atoms with van der Waals surface area (Å²) in [6, 6.07) is 15.3. The number of methoxy groups -OCH3 is 2. The second kappa shape index (κ2) is 14.6. The highest BCUT2D eigenvalue weighted by molar-refractivity contribution is 6.74. The van der Waals surface area contributed by atoms with E-state index in [0.717, 1.165) is 42.0 Å². The van der Waals surface area contributed by atoms with Crippen LogP contribution in [0.4, 0.5) is 5.95 Å². The highest BCUT2D eigenvalue weighted by atomic mass is 35.5. The molecule has 1 N–H and O–H groups in total. The van der Waals surface area contributed by atoms with Crippen molar-refractivity contribution < 1.29 is 18.7 Å². The van der Waals surface area contributed by atoms with Gasteiger partial charge < -0.3 is 13.9 Å². The number of hydrogen-bond acceptors (Lipinski definition) is 8. The Bertz CT molecular complexity index is 2110. The molecule has 51 heavy (non-hydrogen) atoms. The van der Waals surface area contributed by atoms with Gasteiger partial charge in [-0.2, -0.15) is 0 Å². The van der Waals surface area contributed by atoms with Crippen molar-refractivity contribution in [3.8, 4) is 22.6 Å². The lowest BCUT2D eigenvalue weighted by molar-refractivity contribution is 0.102. The van der Waals surface area contributed by atoms with E-state index in [-0.39, 0.29) is 22.2 Å². The van der Waals surface area contributed by atoms with Crippen LogP contribution in [0.15, 0.2) is 67.0 Å². The van der Waals surface area contributed by atoms with E-state index < -0.39 is 8.32 Å². The predicted octanol–water partition coefficient (Wildman–Crippen LogP) is 9.13. The van der Waals surface area contributed by atoms with Crippen molar-refractivity contribution in [1.29, 1.82) is 0 Å². The average molecular weight is 725 g/mol. The molecule has 4 heterocycles. The molecule has 1 unspecified atom stereocenters. The number of anilines is 1. The highest BCUT2D eigenvalue weighted by Crippen LogP contribution is 2.40. The van der Waals surface area contributed by atoms with Gasteiger partial charge in [0, 0.05) is 29.1 Å². The molecule has 5 aromatic rings. The summed E-state index contributed by atoms with van der Waals surface area (Å²) in [4.78, 5) is 32.7. The van der Waals surface area contributed by atoms with Crippen LogP contribution < -0.4 is 14.8 Å². The summed E-state index contributed by atoms with van der Waals surface area (Å²) in [6.45, 7) is 13.7. The molecule has 12 heteroatoms. The van der Waals surface area contributed by atoms with Gasteiger partial charge in [-0.05, 0) is 91.9 Å². The van der Waals surface area contributed by atoms with E-state index in [1.807, 2.05) is 54.0 Å². The lowest BCUT2D eigenvalue weighted by Gasteiger charge is -2.40. The van der Waals surface area contributed by atoms with Gasteiger partial charge in [-0.15, -0.1) is 0 Å². The minimum atomic E-state index is -1.87. The molecule has 1 amide bonds. The second-order valence-electron chi connectivity index (χ2n) is 14.4. The lowest BCUT2D eigenvalue weighted by atomic mass is 9.95. The van der Waals surface area contributed by atoms with Crippen LogP contribution in [-0.2, 0) is 11.0 Å². The lowest BCUT2D eigenvalue weighted by Crippen LogP contribution is -2.44. The molecular weight excluding hydrogens is 680 g/mol. The summed E-state index contributed by atoms with van der Waals surface area (Å²) in [5.74, 6) is 1.22. The van der Waals surface area contributed by atoms with Crippen molar-refractivity contribution >= 4 is 48.5 Å². The average Bonchev–Trinajstić information content (AvgIpc) is 3.43. The summed E-state index contributed by atoms with van der Waals surface area (Å²) in [5, 5.41) is 3.51. The molecule has 0 saturated carbocycles. The van der Waals surface area contributed by atoms with Gasteiger partial charge in [0.05, 0.1) is 38.2 Å². The van der Waals surface area contributed by atoms with Crippen LogP contribution in [-0.4, -0.2) is 59.1 Å². The van der Waals surface area contributed by atoms with E-state index in [4.69, 9.17) is 35.5 Å². The normalized spacial score (nSPS) is 15.1. The smallest absolute Gasteiger partial charge is 0.260 e. The maximum absolute atomic E-state index is 14.1. The number of amides is 1. The number of carbonyl (C=O) groups is 1. The Morgan fingerprint density at radius 2 is 1.76 bits per heavy atom. The van der Waals surface area contributed by atoms with Crippen molar-refractivity contribution in [2.24, 2.45) is 0 Å². The number of imidazole rings is 1. The monoisotopic (exact) mass is 724 g/mol. The van der Waals surface area contributed by atoms with Gasteiger partial charge in [-0.3, -0.25) is 19.7 Å². The molecule has 10 nitrogen and oxygen atoms in total. The first kappa shape index (κ1) is 36.2. The number of fused-ring (bicyclic) bond motifs is 1. The zero-order valence-corrected chi connectivity index (χ0v) is 32.3. The zero-order valence-electron chi connectivity index (χ0n) is 30.5. The first-order valence-electron chi connectivity index (χ1n) is 17.1. The van der Waals surface area contributed by atoms with Gasteiger partial charge in [-0.1, -0.05) is 50.6 Å². The molecular formula is C39H45ClN6O4Si. The summed E-state index contributed by atoms with van der Waals surface area (Å²) in [5.41, 5.74) is 6.72. The van der Waals surface area contributed by atoms with E-state index in [9.17, 15) is 4.79 Å². The molecule has 0 saturated heterocycles. The van der Waals surface area contributed by atoms with Gasteiger partial charge in [0.15, 0.2) is 14.0 Å². The number of carbonyl (C=O) groups excluding carboxylic acids is 1. The fourth-order valence-electron chi connectivity index (χ4n) is 6.01. The quantitative estimate of drug-likeness (QED) is 0.112. The molecule has 0 bridgehead atoms. The largest absolute Gasteiger partial charge is 0.497 e. The zero-order chi connectivity index (χ0) is 36.5. The number of halogens is 1. The van der Waals surface area contributed by atoms with Gasteiger partial charge in [0.1, 0.15) is 22.2 Å². The van der Waals surface area contributed by atoms with Gasteiger partial charge in [-0.25, -0.2) is 15.0 Å². The molecule has 1 atom stereocenters. The molecule has 1 aliphatic rings. The maximum Gasteiger partial charge on any atom is 0.260 e. The fraction of sp³-hybridized carbons (Fsp3) is 0.359. The van der Waals surface area contributed by atoms with Gasteiger partial charge >= 0.3 is 0 Å². The molecule has 1 aromatic carbocycles. The van der Waals surface area contributed by atoms with E-state index in [1.54, 1.807) is 26.5 Å². The number of allylic oxidation sites excluding steroid dienone is 1. The molecule has 0 fully saturated rings. The molecule has 266 valence electrons. The fourth-order valence-corrected chi connectivity index (χ4v) is 7.56. The van der Waals surface area contributed by atoms with E-state index in [0.29, 0.717) is 46.1 Å². The number of benzene rings is 1. The van der Waals surface area contributed by atoms with E-state index >= 15 is 0 Å². The van der Waals surface area contributed by atoms with Crippen molar-refractivity contribution in [3.63, 3.8) is 0 Å². The summed E-state index contributed by atoms with van der Waals surface area (Å²) in [6.07, 6.45) is 8.26. The van der Waals surface area contributed by atoms with Crippen molar-refractivity contribution in [3.05, 3.63) is 94.7 Å². The number of nitrogens with zero attached hydrogens (tertiary/aromatic N) is 5. The predicted molar refractivity (Wildman–Crippen MR) is 205 cm³/mol. The number of ether oxygens (including phenoxy) is 2. The topological polar surface area (TPSA) is 113 Å². The third kappa shape index (κ3) is 7.85. The minimum absolute atomic E-state index is 0.163.